The molecular weight excluding hydrogens is 380 g/mol. The van der Waals surface area contributed by atoms with E-state index in [0.29, 0.717) is 0 Å². The Balaban J connectivity index is 3.66. The quantitative estimate of drug-likeness (QED) is 0.162. The van der Waals surface area contributed by atoms with Gasteiger partial charge in [-0.05, 0) is 76.4 Å². The summed E-state index contributed by atoms with van der Waals surface area (Å²) >= 11 is 0. The zero-order chi connectivity index (χ0) is 22.8. The zero-order valence-corrected chi connectivity index (χ0v) is 21.6. The van der Waals surface area contributed by atoms with Crippen LogP contribution in [0.25, 0.3) is 0 Å². The molecule has 4 nitrogen and oxygen atoms in total. The molecule has 1 aromatic carbocycles. The van der Waals surface area contributed by atoms with E-state index in [0.717, 1.165) is 22.5 Å². The summed E-state index contributed by atoms with van der Waals surface area (Å²) in [5.41, 5.74) is 2.12. The molecule has 0 radical (unpaired) electrons. The second kappa shape index (κ2) is 8.92. The van der Waals surface area contributed by atoms with Crippen LogP contribution in [0.1, 0.15) is 74.8 Å². The lowest BCUT2D eigenvalue weighted by molar-refractivity contribution is -0.416. The monoisotopic (exact) mass is 422 g/mol. The van der Waals surface area contributed by atoms with Crippen molar-refractivity contribution in [1.29, 1.82) is 0 Å². The van der Waals surface area contributed by atoms with Crippen molar-refractivity contribution < 1.29 is 19.3 Å². The van der Waals surface area contributed by atoms with E-state index in [4.69, 9.17) is 14.1 Å². The highest BCUT2D eigenvalue weighted by atomic mass is 28.4. The summed E-state index contributed by atoms with van der Waals surface area (Å²) in [4.78, 5) is 5.21. The number of benzene rings is 1. The Kier molecular flexibility index (Phi) is 7.97. The first kappa shape index (κ1) is 25.9. The first-order chi connectivity index (χ1) is 13.0. The van der Waals surface area contributed by atoms with Gasteiger partial charge in [0.2, 0.25) is 8.32 Å². The largest absolute Gasteiger partial charge is 0.543 e. The second-order valence-electron chi connectivity index (χ2n) is 10.9. The molecule has 0 aliphatic heterocycles. The van der Waals surface area contributed by atoms with Gasteiger partial charge in [-0.1, -0.05) is 52.3 Å². The standard InChI is InChI=1S/C24H42O4Si/c1-17(2)21(18(3)4)24(28-25,27-22(5,6)7)19-14-13-15-20(16-19)26-29(11,12)23(8,9)10/h13-17,25H,1-12H3. The lowest BCUT2D eigenvalue weighted by Gasteiger charge is -2.41. The Hall–Kier alpha value is -1.14. The number of hydrogen-bond donors (Lipinski definition) is 1. The maximum atomic E-state index is 10.2. The van der Waals surface area contributed by atoms with Crippen LogP contribution >= 0.6 is 0 Å². The van der Waals surface area contributed by atoms with Gasteiger partial charge in [0.15, 0.2) is 0 Å². The Labute approximate surface area is 179 Å². The molecule has 1 rings (SSSR count). The van der Waals surface area contributed by atoms with E-state index in [1.165, 1.54) is 0 Å². The average Bonchev–Trinajstić information content (AvgIpc) is 2.50. The predicted octanol–water partition coefficient (Wildman–Crippen LogP) is 7.52. The summed E-state index contributed by atoms with van der Waals surface area (Å²) in [7, 11) is -2.01. The van der Waals surface area contributed by atoms with Crippen LogP contribution in [0.3, 0.4) is 0 Å². The maximum Gasteiger partial charge on any atom is 0.250 e. The topological polar surface area (TPSA) is 47.9 Å². The lowest BCUT2D eigenvalue weighted by Crippen LogP contribution is -2.44. The van der Waals surface area contributed by atoms with Gasteiger partial charge in [0.05, 0.1) is 5.60 Å². The van der Waals surface area contributed by atoms with Gasteiger partial charge in [-0.2, -0.15) is 4.89 Å². The molecule has 5 heteroatoms. The second-order valence-corrected chi connectivity index (χ2v) is 15.6. The highest BCUT2D eigenvalue weighted by Crippen LogP contribution is 2.44. The van der Waals surface area contributed by atoms with E-state index in [1.54, 1.807) is 0 Å². The van der Waals surface area contributed by atoms with Crippen LogP contribution in [0, 0.1) is 5.92 Å². The Morgan fingerprint density at radius 1 is 1.00 bits per heavy atom. The molecule has 1 N–H and O–H groups in total. The van der Waals surface area contributed by atoms with Gasteiger partial charge >= 0.3 is 0 Å². The Morgan fingerprint density at radius 2 is 1.55 bits per heavy atom. The molecule has 0 heterocycles. The van der Waals surface area contributed by atoms with E-state index >= 15 is 0 Å². The first-order valence-electron chi connectivity index (χ1n) is 10.5. The molecule has 0 aliphatic rings. The molecule has 1 atom stereocenters. The van der Waals surface area contributed by atoms with Crippen LogP contribution in [0.5, 0.6) is 5.75 Å². The highest BCUT2D eigenvalue weighted by Gasteiger charge is 2.45. The van der Waals surface area contributed by atoms with Crippen molar-refractivity contribution >= 4 is 8.32 Å². The van der Waals surface area contributed by atoms with E-state index in [9.17, 15) is 5.26 Å². The van der Waals surface area contributed by atoms with E-state index in [2.05, 4.69) is 47.7 Å². The fraction of sp³-hybridized carbons (Fsp3) is 0.667. The third-order valence-corrected chi connectivity index (χ3v) is 9.80. The molecule has 0 saturated carbocycles. The number of hydrogen-bond acceptors (Lipinski definition) is 4. The summed E-state index contributed by atoms with van der Waals surface area (Å²) in [6.45, 7) is 25.2. The fourth-order valence-corrected chi connectivity index (χ4v) is 4.34. The van der Waals surface area contributed by atoms with Crippen LogP contribution in [0.4, 0.5) is 0 Å². The van der Waals surface area contributed by atoms with E-state index in [1.807, 2.05) is 58.9 Å². The molecule has 0 aromatic heterocycles. The normalized spacial score (nSPS) is 15.2. The maximum absolute atomic E-state index is 10.2. The van der Waals surface area contributed by atoms with Crippen LogP contribution in [0.2, 0.25) is 18.1 Å². The average molecular weight is 423 g/mol. The predicted molar refractivity (Wildman–Crippen MR) is 124 cm³/mol. The molecular formula is C24H42O4Si. The molecule has 0 saturated heterocycles. The van der Waals surface area contributed by atoms with E-state index in [-0.39, 0.29) is 11.0 Å². The minimum atomic E-state index is -2.01. The van der Waals surface area contributed by atoms with Gasteiger partial charge in [-0.3, -0.25) is 0 Å². The van der Waals surface area contributed by atoms with Gasteiger partial charge in [-0.25, -0.2) is 5.26 Å². The van der Waals surface area contributed by atoms with Gasteiger partial charge in [0, 0.05) is 5.56 Å². The molecule has 0 aliphatic carbocycles. The molecule has 1 unspecified atom stereocenters. The van der Waals surface area contributed by atoms with Crippen LogP contribution in [0.15, 0.2) is 35.4 Å². The van der Waals surface area contributed by atoms with Gasteiger partial charge in [0.1, 0.15) is 5.75 Å². The zero-order valence-electron chi connectivity index (χ0n) is 20.6. The molecule has 29 heavy (non-hydrogen) atoms. The summed E-state index contributed by atoms with van der Waals surface area (Å²) in [5, 5.41) is 10.3. The van der Waals surface area contributed by atoms with Crippen molar-refractivity contribution in [2.24, 2.45) is 5.92 Å². The Morgan fingerprint density at radius 3 is 1.93 bits per heavy atom. The lowest BCUT2D eigenvalue weighted by atomic mass is 9.85. The summed E-state index contributed by atoms with van der Waals surface area (Å²) < 4.78 is 12.9. The smallest absolute Gasteiger partial charge is 0.250 e. The molecule has 0 spiro atoms. The van der Waals surface area contributed by atoms with Crippen molar-refractivity contribution in [2.75, 3.05) is 0 Å². The van der Waals surface area contributed by atoms with Crippen LogP contribution in [-0.4, -0.2) is 19.2 Å². The van der Waals surface area contributed by atoms with Gasteiger partial charge < -0.3 is 9.16 Å². The molecule has 0 fully saturated rings. The number of ether oxygens (including phenoxy) is 1. The summed E-state index contributed by atoms with van der Waals surface area (Å²) in [6.07, 6.45) is 0. The fourth-order valence-electron chi connectivity index (χ4n) is 3.32. The van der Waals surface area contributed by atoms with Crippen molar-refractivity contribution in [3.63, 3.8) is 0 Å². The van der Waals surface area contributed by atoms with E-state index < -0.39 is 19.7 Å². The number of rotatable bonds is 7. The van der Waals surface area contributed by atoms with Crippen molar-refractivity contribution in [1.82, 2.24) is 0 Å². The van der Waals surface area contributed by atoms with Crippen LogP contribution in [-0.2, 0) is 15.4 Å². The van der Waals surface area contributed by atoms with Gasteiger partial charge in [-0.15, -0.1) is 0 Å². The molecule has 166 valence electrons. The van der Waals surface area contributed by atoms with Crippen molar-refractivity contribution in [2.45, 2.75) is 98.8 Å². The third kappa shape index (κ3) is 6.17. The highest BCUT2D eigenvalue weighted by molar-refractivity contribution is 6.74. The molecule has 0 amide bonds. The van der Waals surface area contributed by atoms with Crippen molar-refractivity contribution in [3.05, 3.63) is 41.0 Å². The first-order valence-corrected chi connectivity index (χ1v) is 13.4. The number of allylic oxidation sites excluding steroid dienone is 1. The molecule has 0 bridgehead atoms. The minimum Gasteiger partial charge on any atom is -0.543 e. The van der Waals surface area contributed by atoms with Gasteiger partial charge in [0.25, 0.3) is 5.79 Å². The summed E-state index contributed by atoms with van der Waals surface area (Å²) in [6, 6.07) is 7.75. The minimum absolute atomic E-state index is 0.0818. The van der Waals surface area contributed by atoms with Crippen LogP contribution < -0.4 is 4.43 Å². The van der Waals surface area contributed by atoms with Crippen molar-refractivity contribution in [3.8, 4) is 5.75 Å². The third-order valence-electron chi connectivity index (χ3n) is 5.44. The SMILES string of the molecule is CC(C)=C(C(C)C)C(OO)(OC(C)(C)C)c1cccc(O[Si](C)(C)C(C)(C)C)c1. The molecule has 1 aromatic rings. The summed E-state index contributed by atoms with van der Waals surface area (Å²) in [5.74, 6) is -0.526. The Bertz CT molecular complexity index is 719.